The molecule has 0 N–H and O–H groups in total. The molecule has 1 aliphatic carbocycles. The molecule has 1 atom stereocenters. The van der Waals surface area contributed by atoms with Gasteiger partial charge in [-0.05, 0) is 31.6 Å². The fraction of sp³-hybridized carbons (Fsp3) is 0.833. The van der Waals surface area contributed by atoms with Crippen LogP contribution in [0.25, 0.3) is 0 Å². The molecule has 0 bridgehead atoms. The lowest BCUT2D eigenvalue weighted by molar-refractivity contribution is 0.603. The second kappa shape index (κ2) is 5.40. The Morgan fingerprint density at radius 2 is 2.17 bits per heavy atom. The van der Waals surface area contributed by atoms with Crippen LogP contribution in [0.5, 0.6) is 0 Å². The highest BCUT2D eigenvalue weighted by Crippen LogP contribution is 2.28. The number of allylic oxidation sites excluding steroid dienone is 2. The van der Waals surface area contributed by atoms with Crippen molar-refractivity contribution in [3.05, 3.63) is 11.6 Å². The Labute approximate surface area is 77.1 Å². The van der Waals surface area contributed by atoms with Crippen molar-refractivity contribution in [3.63, 3.8) is 0 Å². The van der Waals surface area contributed by atoms with Crippen LogP contribution in [0.15, 0.2) is 11.6 Å². The van der Waals surface area contributed by atoms with Gasteiger partial charge in [0.1, 0.15) is 0 Å². The van der Waals surface area contributed by atoms with Crippen LogP contribution in [0.2, 0.25) is 0 Å². The van der Waals surface area contributed by atoms with Crippen molar-refractivity contribution in [1.29, 1.82) is 0 Å². The van der Waals surface area contributed by atoms with Gasteiger partial charge in [-0.25, -0.2) is 0 Å². The van der Waals surface area contributed by atoms with Gasteiger partial charge in [0.25, 0.3) is 0 Å². The molecule has 70 valence electrons. The number of hydrogen-bond donors (Lipinski definition) is 0. The molecule has 0 amide bonds. The third-order valence-corrected chi connectivity index (χ3v) is 2.96. The molecule has 0 spiro atoms. The maximum absolute atomic E-state index is 2.47. The first kappa shape index (κ1) is 9.83. The third-order valence-electron chi connectivity index (χ3n) is 2.96. The summed E-state index contributed by atoms with van der Waals surface area (Å²) in [5.41, 5.74) is 1.74. The molecule has 0 fully saturated rings. The minimum Gasteiger partial charge on any atom is -0.0850 e. The van der Waals surface area contributed by atoms with Crippen LogP contribution >= 0.6 is 0 Å². The van der Waals surface area contributed by atoms with Crippen LogP contribution in [0.4, 0.5) is 0 Å². The summed E-state index contributed by atoms with van der Waals surface area (Å²) in [6.07, 6.45) is 12.2. The van der Waals surface area contributed by atoms with Crippen LogP contribution in [-0.4, -0.2) is 0 Å². The lowest BCUT2D eigenvalue weighted by Gasteiger charge is -2.08. The van der Waals surface area contributed by atoms with Gasteiger partial charge in [0.05, 0.1) is 0 Å². The van der Waals surface area contributed by atoms with Crippen LogP contribution < -0.4 is 0 Å². The van der Waals surface area contributed by atoms with E-state index in [9.17, 15) is 0 Å². The maximum atomic E-state index is 2.47. The lowest BCUT2D eigenvalue weighted by Crippen LogP contribution is -1.92. The van der Waals surface area contributed by atoms with Gasteiger partial charge < -0.3 is 0 Å². The monoisotopic (exact) mass is 166 g/mol. The van der Waals surface area contributed by atoms with Crippen molar-refractivity contribution in [2.24, 2.45) is 5.92 Å². The highest BCUT2D eigenvalue weighted by atomic mass is 14.2. The van der Waals surface area contributed by atoms with Gasteiger partial charge in [-0.1, -0.05) is 44.8 Å². The molecule has 0 heteroatoms. The van der Waals surface area contributed by atoms with Gasteiger partial charge in [0.15, 0.2) is 0 Å². The van der Waals surface area contributed by atoms with Crippen LogP contribution in [0.3, 0.4) is 0 Å². The molecule has 0 saturated heterocycles. The summed E-state index contributed by atoms with van der Waals surface area (Å²) >= 11 is 0. The largest absolute Gasteiger partial charge is 0.0850 e. The molecule has 0 aromatic heterocycles. The fourth-order valence-electron chi connectivity index (χ4n) is 2.01. The molecular weight excluding hydrogens is 144 g/mol. The van der Waals surface area contributed by atoms with E-state index in [-0.39, 0.29) is 0 Å². The summed E-state index contributed by atoms with van der Waals surface area (Å²) in [6, 6.07) is 0. The average molecular weight is 166 g/mol. The molecule has 0 aromatic rings. The molecule has 1 aliphatic rings. The molecule has 0 nitrogen and oxygen atoms in total. The maximum Gasteiger partial charge on any atom is -0.0229 e. The predicted octanol–water partition coefficient (Wildman–Crippen LogP) is 4.31. The van der Waals surface area contributed by atoms with Crippen molar-refractivity contribution in [1.82, 2.24) is 0 Å². The van der Waals surface area contributed by atoms with Crippen molar-refractivity contribution in [2.45, 2.75) is 58.8 Å². The Kier molecular flexibility index (Phi) is 4.42. The minimum atomic E-state index is 0.895. The third kappa shape index (κ3) is 3.00. The predicted molar refractivity (Wildman–Crippen MR) is 55.2 cm³/mol. The highest BCUT2D eigenvalue weighted by Gasteiger charge is 2.12. The van der Waals surface area contributed by atoms with E-state index in [1.165, 1.54) is 44.9 Å². The van der Waals surface area contributed by atoms with Crippen LogP contribution in [0, 0.1) is 5.92 Å². The molecule has 0 heterocycles. The van der Waals surface area contributed by atoms with E-state index < -0.39 is 0 Å². The Balaban J connectivity index is 2.06. The van der Waals surface area contributed by atoms with Gasteiger partial charge in [-0.3, -0.25) is 0 Å². The summed E-state index contributed by atoms with van der Waals surface area (Å²) in [4.78, 5) is 0. The van der Waals surface area contributed by atoms with E-state index in [0.29, 0.717) is 0 Å². The van der Waals surface area contributed by atoms with Gasteiger partial charge in [0, 0.05) is 0 Å². The van der Waals surface area contributed by atoms with Crippen molar-refractivity contribution < 1.29 is 0 Å². The normalized spacial score (nSPS) is 22.8. The average Bonchev–Trinajstić information content (AvgIpc) is 2.46. The van der Waals surface area contributed by atoms with Crippen molar-refractivity contribution in [2.75, 3.05) is 0 Å². The summed E-state index contributed by atoms with van der Waals surface area (Å²) < 4.78 is 0. The zero-order valence-corrected chi connectivity index (χ0v) is 8.60. The standard InChI is InChI=1S/C12H22/c1-3-4-5-6-9-12-10-7-8-11(12)2/h10-11H,3-9H2,1-2H3. The second-order valence-electron chi connectivity index (χ2n) is 4.07. The highest BCUT2D eigenvalue weighted by molar-refractivity contribution is 5.11. The summed E-state index contributed by atoms with van der Waals surface area (Å²) in [5, 5.41) is 0. The SMILES string of the molecule is CCCCCCC1=CCCC1C. The molecule has 1 unspecified atom stereocenters. The molecule has 0 radical (unpaired) electrons. The Morgan fingerprint density at radius 1 is 1.33 bits per heavy atom. The van der Waals surface area contributed by atoms with Gasteiger partial charge in [0.2, 0.25) is 0 Å². The lowest BCUT2D eigenvalue weighted by atomic mass is 9.98. The number of rotatable bonds is 5. The van der Waals surface area contributed by atoms with E-state index in [4.69, 9.17) is 0 Å². The van der Waals surface area contributed by atoms with E-state index in [0.717, 1.165) is 5.92 Å². The first-order chi connectivity index (χ1) is 5.84. The van der Waals surface area contributed by atoms with Crippen LogP contribution in [0.1, 0.15) is 58.8 Å². The van der Waals surface area contributed by atoms with Gasteiger partial charge in [-0.2, -0.15) is 0 Å². The van der Waals surface area contributed by atoms with Gasteiger partial charge in [-0.15, -0.1) is 0 Å². The first-order valence-electron chi connectivity index (χ1n) is 5.53. The quantitative estimate of drug-likeness (QED) is 0.421. The smallest absolute Gasteiger partial charge is 0.0229 e. The topological polar surface area (TPSA) is 0 Å². The molecule has 1 rings (SSSR count). The van der Waals surface area contributed by atoms with Crippen LogP contribution in [-0.2, 0) is 0 Å². The first-order valence-corrected chi connectivity index (χ1v) is 5.53. The minimum absolute atomic E-state index is 0.895. The molecule has 0 aliphatic heterocycles. The Morgan fingerprint density at radius 3 is 2.75 bits per heavy atom. The van der Waals surface area contributed by atoms with E-state index >= 15 is 0 Å². The summed E-state index contributed by atoms with van der Waals surface area (Å²) in [6.45, 7) is 4.65. The zero-order chi connectivity index (χ0) is 8.81. The molecule has 12 heavy (non-hydrogen) atoms. The van der Waals surface area contributed by atoms with Gasteiger partial charge >= 0.3 is 0 Å². The number of hydrogen-bond acceptors (Lipinski definition) is 0. The number of unbranched alkanes of at least 4 members (excludes halogenated alkanes) is 3. The Hall–Kier alpha value is -0.260. The fourth-order valence-corrected chi connectivity index (χ4v) is 2.01. The second-order valence-corrected chi connectivity index (χ2v) is 4.07. The van der Waals surface area contributed by atoms with E-state index in [1.807, 2.05) is 0 Å². The molecular formula is C12H22. The molecule has 0 saturated carbocycles. The Bertz CT molecular complexity index is 144. The van der Waals surface area contributed by atoms with Crippen molar-refractivity contribution >= 4 is 0 Å². The zero-order valence-electron chi connectivity index (χ0n) is 8.60. The van der Waals surface area contributed by atoms with E-state index in [1.54, 1.807) is 5.57 Å². The molecule has 0 aromatic carbocycles. The van der Waals surface area contributed by atoms with E-state index in [2.05, 4.69) is 19.9 Å². The summed E-state index contributed by atoms with van der Waals surface area (Å²) in [5.74, 6) is 0.895. The van der Waals surface area contributed by atoms with Crippen molar-refractivity contribution in [3.8, 4) is 0 Å². The summed E-state index contributed by atoms with van der Waals surface area (Å²) in [7, 11) is 0.